The lowest BCUT2D eigenvalue weighted by atomic mass is 9.92. The van der Waals surface area contributed by atoms with Crippen LogP contribution in [0.25, 0.3) is 16.9 Å². The predicted molar refractivity (Wildman–Crippen MR) is 84.3 cm³/mol. The number of rotatable bonds is 2. The summed E-state index contributed by atoms with van der Waals surface area (Å²) < 4.78 is 1.52. The molecule has 0 unspecified atom stereocenters. The van der Waals surface area contributed by atoms with E-state index in [-0.39, 0.29) is 5.56 Å². The number of aromatic carboxylic acids is 1. The topological polar surface area (TPSA) is 67.5 Å². The summed E-state index contributed by atoms with van der Waals surface area (Å²) in [5, 5.41) is 13.6. The highest BCUT2D eigenvalue weighted by molar-refractivity contribution is 5.87. The quantitative estimate of drug-likeness (QED) is 0.787. The van der Waals surface area contributed by atoms with Gasteiger partial charge in [-0.2, -0.15) is 5.10 Å². The first-order valence-corrected chi connectivity index (χ1v) is 7.05. The van der Waals surface area contributed by atoms with Crippen molar-refractivity contribution in [2.45, 2.75) is 27.7 Å². The molecule has 0 aliphatic heterocycles. The fourth-order valence-corrected chi connectivity index (χ4v) is 2.71. The van der Waals surface area contributed by atoms with Gasteiger partial charge in [-0.3, -0.25) is 0 Å². The van der Waals surface area contributed by atoms with Gasteiger partial charge < -0.3 is 5.11 Å². The van der Waals surface area contributed by atoms with Crippen LogP contribution in [0.5, 0.6) is 0 Å². The van der Waals surface area contributed by atoms with Crippen molar-refractivity contribution in [1.29, 1.82) is 0 Å². The van der Waals surface area contributed by atoms with Gasteiger partial charge in [-0.05, 0) is 49.9 Å². The van der Waals surface area contributed by atoms with Crippen molar-refractivity contribution in [3.8, 4) is 11.3 Å². The van der Waals surface area contributed by atoms with E-state index >= 15 is 0 Å². The Morgan fingerprint density at radius 3 is 2.32 bits per heavy atom. The molecular formula is C17H17N3O2. The summed E-state index contributed by atoms with van der Waals surface area (Å²) in [6.07, 6.45) is 2.84. The van der Waals surface area contributed by atoms with Crippen molar-refractivity contribution in [3.63, 3.8) is 0 Å². The van der Waals surface area contributed by atoms with Gasteiger partial charge in [0, 0.05) is 24.0 Å². The fraction of sp³-hybridized carbons (Fsp3) is 0.235. The minimum atomic E-state index is -1.01. The van der Waals surface area contributed by atoms with E-state index in [1.807, 2.05) is 6.07 Å². The first-order valence-electron chi connectivity index (χ1n) is 7.05. The van der Waals surface area contributed by atoms with E-state index < -0.39 is 5.97 Å². The Morgan fingerprint density at radius 2 is 1.73 bits per heavy atom. The standard InChI is InChI=1S/C17H17N3O2/c1-9-5-10(2)12(4)16(11(9)3)14-6-15-18-7-13(17(21)22)8-20(15)19-14/h5-8H,1-4H3,(H,21,22). The van der Waals surface area contributed by atoms with E-state index in [1.54, 1.807) is 0 Å². The normalized spacial score (nSPS) is 11.1. The molecule has 5 heteroatoms. The molecule has 112 valence electrons. The maximum atomic E-state index is 11.0. The third kappa shape index (κ3) is 2.15. The zero-order valence-corrected chi connectivity index (χ0v) is 13.0. The molecule has 3 aromatic rings. The number of hydrogen-bond acceptors (Lipinski definition) is 3. The molecule has 1 N–H and O–H groups in total. The summed E-state index contributed by atoms with van der Waals surface area (Å²) in [5.74, 6) is -1.01. The number of benzene rings is 1. The molecule has 0 radical (unpaired) electrons. The van der Waals surface area contributed by atoms with Gasteiger partial charge in [-0.25, -0.2) is 14.3 Å². The maximum Gasteiger partial charge on any atom is 0.338 e. The highest BCUT2D eigenvalue weighted by Crippen LogP contribution is 2.31. The van der Waals surface area contributed by atoms with Crippen molar-refractivity contribution in [2.24, 2.45) is 0 Å². The Kier molecular flexibility index (Phi) is 3.20. The minimum Gasteiger partial charge on any atom is -0.478 e. The smallest absolute Gasteiger partial charge is 0.338 e. The molecule has 0 saturated carbocycles. The van der Waals surface area contributed by atoms with E-state index in [1.165, 1.54) is 39.2 Å². The van der Waals surface area contributed by atoms with Gasteiger partial charge >= 0.3 is 5.97 Å². The number of carbonyl (C=O) groups is 1. The van der Waals surface area contributed by atoms with Crippen molar-refractivity contribution in [1.82, 2.24) is 14.6 Å². The second kappa shape index (κ2) is 4.94. The number of nitrogens with zero attached hydrogens (tertiary/aromatic N) is 3. The monoisotopic (exact) mass is 295 g/mol. The zero-order chi connectivity index (χ0) is 16.0. The minimum absolute atomic E-state index is 0.121. The van der Waals surface area contributed by atoms with Crippen LogP contribution in [-0.4, -0.2) is 25.7 Å². The van der Waals surface area contributed by atoms with Crippen molar-refractivity contribution in [3.05, 3.63) is 52.3 Å². The van der Waals surface area contributed by atoms with Crippen LogP contribution < -0.4 is 0 Å². The largest absolute Gasteiger partial charge is 0.478 e. The highest BCUT2D eigenvalue weighted by Gasteiger charge is 2.15. The van der Waals surface area contributed by atoms with Gasteiger partial charge in [-0.1, -0.05) is 6.07 Å². The van der Waals surface area contributed by atoms with Gasteiger partial charge in [0.2, 0.25) is 0 Å². The van der Waals surface area contributed by atoms with E-state index in [0.717, 1.165) is 11.3 Å². The lowest BCUT2D eigenvalue weighted by molar-refractivity contribution is 0.0695. The van der Waals surface area contributed by atoms with Crippen LogP contribution in [0.3, 0.4) is 0 Å². The molecule has 0 atom stereocenters. The number of carboxylic acids is 1. The number of aryl methyl sites for hydroxylation is 2. The van der Waals surface area contributed by atoms with Crippen LogP contribution in [0.2, 0.25) is 0 Å². The van der Waals surface area contributed by atoms with Crippen LogP contribution in [0.15, 0.2) is 24.5 Å². The first-order chi connectivity index (χ1) is 10.4. The third-order valence-corrected chi connectivity index (χ3v) is 4.18. The maximum absolute atomic E-state index is 11.0. The molecular weight excluding hydrogens is 278 g/mol. The molecule has 0 bridgehead atoms. The second-order valence-corrected chi connectivity index (χ2v) is 5.62. The highest BCUT2D eigenvalue weighted by atomic mass is 16.4. The van der Waals surface area contributed by atoms with E-state index in [2.05, 4.69) is 43.8 Å². The molecule has 3 rings (SSSR count). The fourth-order valence-electron chi connectivity index (χ4n) is 2.71. The molecule has 22 heavy (non-hydrogen) atoms. The summed E-state index contributed by atoms with van der Waals surface area (Å²) in [7, 11) is 0. The van der Waals surface area contributed by atoms with E-state index in [4.69, 9.17) is 5.11 Å². The van der Waals surface area contributed by atoms with Crippen molar-refractivity contribution in [2.75, 3.05) is 0 Å². The third-order valence-electron chi connectivity index (χ3n) is 4.18. The molecule has 0 saturated heterocycles. The molecule has 5 nitrogen and oxygen atoms in total. The summed E-state index contributed by atoms with van der Waals surface area (Å²) in [5.41, 5.74) is 7.48. The molecule has 0 fully saturated rings. The van der Waals surface area contributed by atoms with Crippen LogP contribution in [0.1, 0.15) is 32.6 Å². The van der Waals surface area contributed by atoms with E-state index in [9.17, 15) is 4.79 Å². The lowest BCUT2D eigenvalue weighted by Gasteiger charge is -2.13. The van der Waals surface area contributed by atoms with Gasteiger partial charge in [-0.15, -0.1) is 0 Å². The summed E-state index contributed by atoms with van der Waals surface area (Å²) >= 11 is 0. The molecule has 0 aliphatic carbocycles. The Labute approximate surface area is 128 Å². The zero-order valence-electron chi connectivity index (χ0n) is 13.0. The number of fused-ring (bicyclic) bond motifs is 1. The summed E-state index contributed by atoms with van der Waals surface area (Å²) in [6, 6.07) is 4.06. The lowest BCUT2D eigenvalue weighted by Crippen LogP contribution is -2.01. The Morgan fingerprint density at radius 1 is 1.09 bits per heavy atom. The summed E-state index contributed by atoms with van der Waals surface area (Å²) in [4.78, 5) is 15.2. The Bertz CT molecular complexity index is 884. The predicted octanol–water partition coefficient (Wildman–Crippen LogP) is 3.33. The van der Waals surface area contributed by atoms with Gasteiger partial charge in [0.15, 0.2) is 5.65 Å². The van der Waals surface area contributed by atoms with Crippen LogP contribution in [-0.2, 0) is 0 Å². The Balaban J connectivity index is 2.25. The van der Waals surface area contributed by atoms with Gasteiger partial charge in [0.05, 0.1) is 11.3 Å². The molecule has 0 spiro atoms. The number of hydrogen-bond donors (Lipinski definition) is 1. The number of aromatic nitrogens is 3. The molecule has 0 aliphatic rings. The molecule has 2 heterocycles. The van der Waals surface area contributed by atoms with Crippen LogP contribution >= 0.6 is 0 Å². The average molecular weight is 295 g/mol. The van der Waals surface area contributed by atoms with Crippen molar-refractivity contribution < 1.29 is 9.90 Å². The molecule has 1 aromatic carbocycles. The van der Waals surface area contributed by atoms with Gasteiger partial charge in [0.1, 0.15) is 0 Å². The SMILES string of the molecule is Cc1cc(C)c(C)c(-c2cc3ncc(C(=O)O)cn3n2)c1C. The summed E-state index contributed by atoms with van der Waals surface area (Å²) in [6.45, 7) is 8.33. The average Bonchev–Trinajstić information content (AvgIpc) is 2.87. The second-order valence-electron chi connectivity index (χ2n) is 5.62. The molecule has 0 amide bonds. The number of carboxylic acid groups (broad SMARTS) is 1. The first kappa shape index (κ1) is 14.3. The van der Waals surface area contributed by atoms with Crippen LogP contribution in [0, 0.1) is 27.7 Å². The van der Waals surface area contributed by atoms with Crippen LogP contribution in [0.4, 0.5) is 0 Å². The van der Waals surface area contributed by atoms with E-state index in [0.29, 0.717) is 5.65 Å². The van der Waals surface area contributed by atoms with Crippen molar-refractivity contribution >= 4 is 11.6 Å². The Hall–Kier alpha value is -2.69. The molecule has 2 aromatic heterocycles. The van der Waals surface area contributed by atoms with Gasteiger partial charge in [0.25, 0.3) is 0 Å².